The monoisotopic (exact) mass is 447 g/mol. The molecule has 0 amide bonds. The van der Waals surface area contributed by atoms with Crippen LogP contribution in [0.25, 0.3) is 10.9 Å². The molecule has 0 aliphatic carbocycles. The number of para-hydroxylation sites is 1. The summed E-state index contributed by atoms with van der Waals surface area (Å²) < 4.78 is 2.28. The van der Waals surface area contributed by atoms with Gasteiger partial charge in [-0.2, -0.15) is 0 Å². The Morgan fingerprint density at radius 1 is 1.19 bits per heavy atom. The van der Waals surface area contributed by atoms with Crippen molar-refractivity contribution in [1.82, 2.24) is 19.4 Å². The number of nitrogens with zero attached hydrogens (tertiary/aromatic N) is 4. The van der Waals surface area contributed by atoms with Crippen molar-refractivity contribution in [2.45, 2.75) is 45.3 Å². The molecule has 4 aromatic rings. The number of rotatable bonds is 8. The van der Waals surface area contributed by atoms with E-state index in [1.54, 1.807) is 11.3 Å². The molecule has 0 spiro atoms. The Balaban J connectivity index is 1.37. The third kappa shape index (κ3) is 4.41. The summed E-state index contributed by atoms with van der Waals surface area (Å²) in [5, 5.41) is 14.8. The van der Waals surface area contributed by atoms with Crippen LogP contribution in [0.3, 0.4) is 0 Å². The van der Waals surface area contributed by atoms with Crippen LogP contribution in [-0.4, -0.2) is 37.7 Å². The van der Waals surface area contributed by atoms with E-state index in [0.29, 0.717) is 6.04 Å². The predicted molar refractivity (Wildman–Crippen MR) is 130 cm³/mol. The number of aliphatic hydroxyl groups is 1. The van der Waals surface area contributed by atoms with E-state index >= 15 is 0 Å². The van der Waals surface area contributed by atoms with Gasteiger partial charge in [-0.15, -0.1) is 11.3 Å². The number of anilines is 2. The first kappa shape index (κ1) is 21.1. The number of aryl methyl sites for hydroxylation is 2. The molecule has 4 heterocycles. The number of aliphatic hydroxyl groups excluding tert-OH is 1. The van der Waals surface area contributed by atoms with Gasteiger partial charge in [-0.3, -0.25) is 4.90 Å². The Morgan fingerprint density at radius 2 is 2.09 bits per heavy atom. The highest BCUT2D eigenvalue weighted by Crippen LogP contribution is 2.34. The fourth-order valence-corrected chi connectivity index (χ4v) is 5.34. The number of thiazole rings is 1. The summed E-state index contributed by atoms with van der Waals surface area (Å²) in [5.41, 5.74) is 3.71. The van der Waals surface area contributed by atoms with Crippen molar-refractivity contribution >= 4 is 33.2 Å². The van der Waals surface area contributed by atoms with Crippen molar-refractivity contribution in [2.75, 3.05) is 18.5 Å². The average molecular weight is 448 g/mol. The van der Waals surface area contributed by atoms with Crippen molar-refractivity contribution in [1.29, 1.82) is 0 Å². The normalized spacial score (nSPS) is 16.8. The zero-order valence-electron chi connectivity index (χ0n) is 18.4. The lowest BCUT2D eigenvalue weighted by Gasteiger charge is -2.24. The van der Waals surface area contributed by atoms with Crippen molar-refractivity contribution < 1.29 is 5.11 Å². The zero-order valence-corrected chi connectivity index (χ0v) is 19.2. The maximum absolute atomic E-state index is 9.28. The van der Waals surface area contributed by atoms with E-state index in [2.05, 4.69) is 69.3 Å². The lowest BCUT2D eigenvalue weighted by molar-refractivity contribution is 0.245. The number of benzene rings is 1. The molecule has 1 unspecified atom stereocenters. The summed E-state index contributed by atoms with van der Waals surface area (Å²) >= 11 is 1.64. The highest BCUT2D eigenvalue weighted by atomic mass is 32.1. The number of fused-ring (bicyclic) bond motifs is 1. The van der Waals surface area contributed by atoms with Gasteiger partial charge in [0.1, 0.15) is 5.82 Å². The highest BCUT2D eigenvalue weighted by molar-refractivity contribution is 7.15. The lowest BCUT2D eigenvalue weighted by Crippen LogP contribution is -2.23. The molecule has 166 valence electrons. The smallest absolute Gasteiger partial charge is 0.188 e. The second-order valence-electron chi connectivity index (χ2n) is 8.42. The number of hydrogen-bond acceptors (Lipinski definition) is 6. The van der Waals surface area contributed by atoms with E-state index in [1.807, 2.05) is 12.3 Å². The molecule has 3 aromatic heterocycles. The van der Waals surface area contributed by atoms with Crippen molar-refractivity contribution in [3.63, 3.8) is 0 Å². The first-order chi connectivity index (χ1) is 15.7. The number of nitrogens with one attached hydrogen (secondary N) is 1. The highest BCUT2D eigenvalue weighted by Gasteiger charge is 2.28. The Hall–Kier alpha value is -2.74. The van der Waals surface area contributed by atoms with Gasteiger partial charge in [0.25, 0.3) is 0 Å². The summed E-state index contributed by atoms with van der Waals surface area (Å²) in [7, 11) is 0. The minimum Gasteiger partial charge on any atom is -0.396 e. The maximum atomic E-state index is 9.28. The molecule has 0 bridgehead atoms. The van der Waals surface area contributed by atoms with Gasteiger partial charge < -0.3 is 15.0 Å². The van der Waals surface area contributed by atoms with E-state index in [0.717, 1.165) is 49.1 Å². The second kappa shape index (κ2) is 9.40. The average Bonchev–Trinajstić information content (AvgIpc) is 3.52. The van der Waals surface area contributed by atoms with Crippen LogP contribution in [0.4, 0.5) is 10.9 Å². The van der Waals surface area contributed by atoms with Crippen molar-refractivity contribution in [3.8, 4) is 0 Å². The van der Waals surface area contributed by atoms with Gasteiger partial charge in [0.05, 0.1) is 11.7 Å². The van der Waals surface area contributed by atoms with Crippen LogP contribution in [0, 0.1) is 6.92 Å². The van der Waals surface area contributed by atoms with Gasteiger partial charge in [-0.1, -0.05) is 24.3 Å². The summed E-state index contributed by atoms with van der Waals surface area (Å²) in [4.78, 5) is 13.1. The van der Waals surface area contributed by atoms with Crippen LogP contribution in [0.15, 0.2) is 54.9 Å². The summed E-state index contributed by atoms with van der Waals surface area (Å²) in [6.45, 7) is 5.09. The van der Waals surface area contributed by atoms with Crippen LogP contribution >= 0.6 is 11.3 Å². The molecule has 2 N–H and O–H groups in total. The third-order valence-electron chi connectivity index (χ3n) is 6.13. The van der Waals surface area contributed by atoms with E-state index in [9.17, 15) is 5.11 Å². The van der Waals surface area contributed by atoms with E-state index in [4.69, 9.17) is 4.98 Å². The molecule has 1 aliphatic heterocycles. The van der Waals surface area contributed by atoms with E-state index in [-0.39, 0.29) is 6.61 Å². The van der Waals surface area contributed by atoms with Gasteiger partial charge >= 0.3 is 0 Å². The predicted octanol–water partition coefficient (Wildman–Crippen LogP) is 5.26. The number of pyridine rings is 1. The Labute approximate surface area is 192 Å². The SMILES string of the molecule is Cc1cnc(Nc2cccc(C3CCCN3Cc3cn(CCCO)c4ccccc34)n2)s1. The number of likely N-dealkylation sites (tertiary alicyclic amines) is 1. The summed E-state index contributed by atoms with van der Waals surface area (Å²) in [5.74, 6) is 0.851. The molecule has 5 rings (SSSR count). The molecule has 1 aliphatic rings. The Kier molecular flexibility index (Phi) is 6.21. The molecule has 1 atom stereocenters. The maximum Gasteiger partial charge on any atom is 0.188 e. The number of aromatic nitrogens is 3. The molecule has 6 nitrogen and oxygen atoms in total. The van der Waals surface area contributed by atoms with Gasteiger partial charge in [0.15, 0.2) is 5.13 Å². The largest absolute Gasteiger partial charge is 0.396 e. The first-order valence-corrected chi connectivity index (χ1v) is 12.1. The molecular weight excluding hydrogens is 418 g/mol. The second-order valence-corrected chi connectivity index (χ2v) is 9.65. The summed E-state index contributed by atoms with van der Waals surface area (Å²) in [6, 6.07) is 15.1. The minimum absolute atomic E-state index is 0.215. The fourth-order valence-electron chi connectivity index (χ4n) is 4.67. The van der Waals surface area contributed by atoms with Crippen LogP contribution in [0.5, 0.6) is 0 Å². The molecular formula is C25H29N5OS. The molecule has 1 fully saturated rings. The van der Waals surface area contributed by atoms with Gasteiger partial charge in [0, 0.05) is 47.9 Å². The van der Waals surface area contributed by atoms with Crippen molar-refractivity contribution in [3.05, 3.63) is 71.0 Å². The fraction of sp³-hybridized carbons (Fsp3) is 0.360. The molecule has 1 aromatic carbocycles. The van der Waals surface area contributed by atoms with Crippen molar-refractivity contribution in [2.24, 2.45) is 0 Å². The first-order valence-electron chi connectivity index (χ1n) is 11.3. The van der Waals surface area contributed by atoms with Gasteiger partial charge in [0.2, 0.25) is 0 Å². The molecule has 0 saturated carbocycles. The van der Waals surface area contributed by atoms with Crippen LogP contribution in [-0.2, 0) is 13.1 Å². The Morgan fingerprint density at radius 3 is 2.94 bits per heavy atom. The molecule has 0 radical (unpaired) electrons. The number of hydrogen-bond donors (Lipinski definition) is 2. The molecule has 1 saturated heterocycles. The third-order valence-corrected chi connectivity index (χ3v) is 6.96. The molecule has 7 heteroatoms. The summed E-state index contributed by atoms with van der Waals surface area (Å²) in [6.07, 6.45) is 7.22. The van der Waals surface area contributed by atoms with E-state index < -0.39 is 0 Å². The quantitative estimate of drug-likeness (QED) is 0.385. The van der Waals surface area contributed by atoms with Gasteiger partial charge in [-0.25, -0.2) is 9.97 Å². The standard InChI is InChI=1S/C25H29N5OS/c1-18-15-26-25(32-18)28-24-11-4-8-21(27-24)23-10-5-12-30(23)17-19-16-29(13-6-14-31)22-9-3-2-7-20(19)22/h2-4,7-9,11,15-16,23,31H,5-6,10,12-14,17H2,1H3,(H,26,27,28). The topological polar surface area (TPSA) is 66.2 Å². The molecule has 32 heavy (non-hydrogen) atoms. The van der Waals surface area contributed by atoms with Crippen LogP contribution in [0.1, 0.15) is 41.4 Å². The Bertz CT molecular complexity index is 1200. The minimum atomic E-state index is 0.215. The lowest BCUT2D eigenvalue weighted by atomic mass is 10.1. The van der Waals surface area contributed by atoms with Gasteiger partial charge in [-0.05, 0) is 56.5 Å². The zero-order chi connectivity index (χ0) is 21.9. The van der Waals surface area contributed by atoms with E-state index in [1.165, 1.54) is 27.8 Å². The van der Waals surface area contributed by atoms with Crippen LogP contribution in [0.2, 0.25) is 0 Å². The van der Waals surface area contributed by atoms with Crippen LogP contribution < -0.4 is 5.32 Å².